The summed E-state index contributed by atoms with van der Waals surface area (Å²) >= 11 is 1.61. The Balaban J connectivity index is 1.77. The molecule has 0 bridgehead atoms. The van der Waals surface area contributed by atoms with E-state index in [-0.39, 0.29) is 11.8 Å². The monoisotopic (exact) mass is 359 g/mol. The van der Waals surface area contributed by atoms with Crippen LogP contribution in [-0.2, 0) is 17.8 Å². The van der Waals surface area contributed by atoms with Gasteiger partial charge >= 0.3 is 0 Å². The number of rotatable bonds is 4. The van der Waals surface area contributed by atoms with Gasteiger partial charge < -0.3 is 15.0 Å². The van der Waals surface area contributed by atoms with Gasteiger partial charge in [-0.3, -0.25) is 9.59 Å². The van der Waals surface area contributed by atoms with Gasteiger partial charge in [0.05, 0.1) is 22.9 Å². The van der Waals surface area contributed by atoms with E-state index >= 15 is 0 Å². The minimum absolute atomic E-state index is 0.118. The lowest BCUT2D eigenvalue weighted by Gasteiger charge is -2.31. The van der Waals surface area contributed by atoms with Gasteiger partial charge in [0, 0.05) is 18.0 Å². The maximum atomic E-state index is 12.7. The number of ether oxygens (including phenoxy) is 1. The van der Waals surface area contributed by atoms with Gasteiger partial charge in [-0.1, -0.05) is 6.92 Å². The molecule has 0 radical (unpaired) electrons. The van der Waals surface area contributed by atoms with Crippen molar-refractivity contribution in [3.05, 3.63) is 39.8 Å². The van der Waals surface area contributed by atoms with Gasteiger partial charge in [-0.25, -0.2) is 4.98 Å². The molecule has 2 amide bonds. The largest absolute Gasteiger partial charge is 0.476 e. The molecular formula is C18H21N3O3S. The number of thiazole rings is 1. The summed E-state index contributed by atoms with van der Waals surface area (Å²) < 4.78 is 5.74. The minimum Gasteiger partial charge on any atom is -0.476 e. The molecule has 132 valence electrons. The lowest BCUT2D eigenvalue weighted by atomic mass is 10.0. The summed E-state index contributed by atoms with van der Waals surface area (Å²) in [5, 5.41) is 5.85. The average Bonchev–Trinajstić information content (AvgIpc) is 3.02. The zero-order chi connectivity index (χ0) is 18.2. The van der Waals surface area contributed by atoms with Crippen molar-refractivity contribution in [2.24, 2.45) is 0 Å². The van der Waals surface area contributed by atoms with Crippen molar-refractivity contribution in [2.45, 2.75) is 39.3 Å². The Labute approximate surface area is 150 Å². The first-order chi connectivity index (χ1) is 11.8. The third-order valence-electron chi connectivity index (χ3n) is 4.04. The Kier molecular flexibility index (Phi) is 4.51. The van der Waals surface area contributed by atoms with Crippen LogP contribution in [0.5, 0.6) is 5.75 Å². The van der Waals surface area contributed by atoms with Crippen molar-refractivity contribution in [1.29, 1.82) is 0 Å². The molecule has 1 aromatic heterocycles. The number of aryl methyl sites for hydroxylation is 1. The van der Waals surface area contributed by atoms with Gasteiger partial charge in [-0.15, -0.1) is 11.3 Å². The highest BCUT2D eigenvalue weighted by Gasteiger charge is 2.35. The predicted octanol–water partition coefficient (Wildman–Crippen LogP) is 3.09. The molecule has 0 saturated carbocycles. The second-order valence-corrected chi connectivity index (χ2v) is 7.47. The zero-order valence-corrected chi connectivity index (χ0v) is 15.6. The van der Waals surface area contributed by atoms with Crippen LogP contribution in [0.25, 0.3) is 0 Å². The number of carbonyl (C=O) groups is 2. The van der Waals surface area contributed by atoms with Crippen molar-refractivity contribution < 1.29 is 14.3 Å². The average molecular weight is 359 g/mol. The van der Waals surface area contributed by atoms with E-state index in [1.54, 1.807) is 55.3 Å². The fourth-order valence-electron chi connectivity index (χ4n) is 2.56. The molecule has 0 fully saturated rings. The lowest BCUT2D eigenvalue weighted by Crippen LogP contribution is -2.45. The summed E-state index contributed by atoms with van der Waals surface area (Å²) in [5.74, 6) is 0.185. The van der Waals surface area contributed by atoms with Gasteiger partial charge in [-0.05, 0) is 38.5 Å². The van der Waals surface area contributed by atoms with Crippen LogP contribution in [-0.4, -0.2) is 34.3 Å². The van der Waals surface area contributed by atoms with Crippen LogP contribution >= 0.6 is 11.3 Å². The van der Waals surface area contributed by atoms with E-state index in [0.717, 1.165) is 17.1 Å². The molecule has 3 rings (SSSR count). The summed E-state index contributed by atoms with van der Waals surface area (Å²) in [7, 11) is 1.75. The highest BCUT2D eigenvalue weighted by Crippen LogP contribution is 2.34. The number of benzene rings is 1. The first-order valence-corrected chi connectivity index (χ1v) is 9.01. The van der Waals surface area contributed by atoms with Crippen LogP contribution in [0.15, 0.2) is 23.6 Å². The van der Waals surface area contributed by atoms with Crippen molar-refractivity contribution in [1.82, 2.24) is 9.88 Å². The molecule has 0 atom stereocenters. The van der Waals surface area contributed by atoms with Crippen LogP contribution in [0.3, 0.4) is 0 Å². The van der Waals surface area contributed by atoms with Crippen molar-refractivity contribution >= 4 is 28.8 Å². The number of aromatic nitrogens is 1. The molecule has 25 heavy (non-hydrogen) atoms. The number of amides is 2. The number of anilines is 1. The van der Waals surface area contributed by atoms with Crippen molar-refractivity contribution in [2.75, 3.05) is 12.4 Å². The summed E-state index contributed by atoms with van der Waals surface area (Å²) in [6, 6.07) is 5.06. The molecule has 0 unspecified atom stereocenters. The molecule has 2 aromatic rings. The number of nitrogens with zero attached hydrogens (tertiary/aromatic N) is 2. The highest BCUT2D eigenvalue weighted by atomic mass is 32.1. The Morgan fingerprint density at radius 2 is 2.16 bits per heavy atom. The van der Waals surface area contributed by atoms with Gasteiger partial charge in [0.1, 0.15) is 5.75 Å². The Hall–Kier alpha value is -2.41. The van der Waals surface area contributed by atoms with Crippen molar-refractivity contribution in [3.8, 4) is 5.75 Å². The Morgan fingerprint density at radius 1 is 1.40 bits per heavy atom. The standard InChI is InChI=1S/C18H21N3O3S/c1-5-15-19-12(10-25-15)9-21(4)16(22)11-6-7-13-14(8-11)24-18(2,3)17(23)20-13/h6-8,10H,5,9H2,1-4H3,(H,20,23). The molecule has 1 aliphatic rings. The maximum absolute atomic E-state index is 12.7. The fraction of sp³-hybridized carbons (Fsp3) is 0.389. The van der Waals surface area contributed by atoms with Gasteiger partial charge in [0.15, 0.2) is 5.60 Å². The van der Waals surface area contributed by atoms with E-state index in [0.29, 0.717) is 23.5 Å². The van der Waals surface area contributed by atoms with Gasteiger partial charge in [0.2, 0.25) is 0 Å². The summed E-state index contributed by atoms with van der Waals surface area (Å²) in [6.07, 6.45) is 0.895. The number of hydrogen-bond donors (Lipinski definition) is 1. The maximum Gasteiger partial charge on any atom is 0.268 e. The third kappa shape index (κ3) is 3.51. The van der Waals surface area contributed by atoms with Crippen LogP contribution in [0.4, 0.5) is 5.69 Å². The second kappa shape index (κ2) is 6.48. The fourth-order valence-corrected chi connectivity index (χ4v) is 3.29. The van der Waals surface area contributed by atoms with Crippen LogP contribution in [0, 0.1) is 0 Å². The van der Waals surface area contributed by atoms with E-state index in [1.807, 2.05) is 5.38 Å². The normalized spacial score (nSPS) is 15.1. The molecule has 2 heterocycles. The van der Waals surface area contributed by atoms with Crippen LogP contribution in [0.2, 0.25) is 0 Å². The van der Waals surface area contributed by atoms with Gasteiger partial charge in [0.25, 0.3) is 11.8 Å². The van der Waals surface area contributed by atoms with Gasteiger partial charge in [-0.2, -0.15) is 0 Å². The molecule has 0 aliphatic carbocycles. The summed E-state index contributed by atoms with van der Waals surface area (Å²) in [5.41, 5.74) is 1.02. The molecule has 1 N–H and O–H groups in total. The zero-order valence-electron chi connectivity index (χ0n) is 14.8. The molecule has 0 spiro atoms. The topological polar surface area (TPSA) is 71.5 Å². The third-order valence-corrected chi connectivity index (χ3v) is 5.08. The Bertz CT molecular complexity index is 829. The SMILES string of the molecule is CCc1nc(CN(C)C(=O)c2ccc3c(c2)OC(C)(C)C(=O)N3)cs1. The molecule has 1 aliphatic heterocycles. The number of fused-ring (bicyclic) bond motifs is 1. The second-order valence-electron chi connectivity index (χ2n) is 6.52. The molecular weight excluding hydrogens is 338 g/mol. The summed E-state index contributed by atoms with van der Waals surface area (Å²) in [6.45, 7) is 5.90. The van der Waals surface area contributed by atoms with E-state index in [4.69, 9.17) is 4.74 Å². The van der Waals surface area contributed by atoms with E-state index in [2.05, 4.69) is 17.2 Å². The van der Waals surface area contributed by atoms with E-state index < -0.39 is 5.60 Å². The summed E-state index contributed by atoms with van der Waals surface area (Å²) in [4.78, 5) is 30.7. The highest BCUT2D eigenvalue weighted by molar-refractivity contribution is 7.09. The van der Waals surface area contributed by atoms with E-state index in [1.165, 1.54) is 0 Å². The number of carbonyl (C=O) groups excluding carboxylic acids is 2. The van der Waals surface area contributed by atoms with E-state index in [9.17, 15) is 9.59 Å². The Morgan fingerprint density at radius 3 is 2.84 bits per heavy atom. The molecule has 6 nitrogen and oxygen atoms in total. The first kappa shape index (κ1) is 17.4. The first-order valence-electron chi connectivity index (χ1n) is 8.13. The molecule has 0 saturated heterocycles. The number of hydrogen-bond acceptors (Lipinski definition) is 5. The predicted molar refractivity (Wildman–Crippen MR) is 97.1 cm³/mol. The molecule has 7 heteroatoms. The minimum atomic E-state index is -0.961. The lowest BCUT2D eigenvalue weighted by molar-refractivity contribution is -0.129. The smallest absolute Gasteiger partial charge is 0.268 e. The quantitative estimate of drug-likeness (QED) is 0.911. The number of nitrogens with one attached hydrogen (secondary N) is 1. The van der Waals surface area contributed by atoms with Crippen LogP contribution < -0.4 is 10.1 Å². The molecule has 1 aromatic carbocycles. The van der Waals surface area contributed by atoms with Crippen LogP contribution in [0.1, 0.15) is 41.8 Å². The van der Waals surface area contributed by atoms with Crippen molar-refractivity contribution in [3.63, 3.8) is 0 Å².